The molecule has 6 heteroatoms. The molecule has 0 radical (unpaired) electrons. The van der Waals surface area contributed by atoms with Crippen molar-refractivity contribution in [3.05, 3.63) is 60.0 Å². The van der Waals surface area contributed by atoms with Crippen molar-refractivity contribution in [1.82, 2.24) is 15.0 Å². The van der Waals surface area contributed by atoms with Gasteiger partial charge in [-0.1, -0.05) is 17.3 Å². The standard InChI is InChI=1S/C17H17FN4O/c1-21(2)14-6-8-15(9-7-14)22-17(16(11-23)19-20-22)12-4-3-5-13(18)10-12/h3-10,23H,11H2,1-2H3. The van der Waals surface area contributed by atoms with Gasteiger partial charge >= 0.3 is 0 Å². The Morgan fingerprint density at radius 3 is 2.48 bits per heavy atom. The average molecular weight is 312 g/mol. The van der Waals surface area contributed by atoms with E-state index in [-0.39, 0.29) is 12.4 Å². The minimum absolute atomic E-state index is 0.262. The molecular weight excluding hydrogens is 295 g/mol. The van der Waals surface area contributed by atoms with E-state index in [0.717, 1.165) is 11.4 Å². The summed E-state index contributed by atoms with van der Waals surface area (Å²) in [6.07, 6.45) is 0. The van der Waals surface area contributed by atoms with E-state index < -0.39 is 0 Å². The van der Waals surface area contributed by atoms with Crippen molar-refractivity contribution in [3.63, 3.8) is 0 Å². The second-order valence-corrected chi connectivity index (χ2v) is 5.38. The monoisotopic (exact) mass is 312 g/mol. The Bertz CT molecular complexity index is 812. The fourth-order valence-electron chi connectivity index (χ4n) is 2.42. The Morgan fingerprint density at radius 1 is 1.13 bits per heavy atom. The largest absolute Gasteiger partial charge is 0.390 e. The van der Waals surface area contributed by atoms with E-state index in [9.17, 15) is 9.50 Å². The van der Waals surface area contributed by atoms with E-state index in [1.54, 1.807) is 16.8 Å². The smallest absolute Gasteiger partial charge is 0.123 e. The molecule has 0 saturated heterocycles. The fourth-order valence-corrected chi connectivity index (χ4v) is 2.42. The van der Waals surface area contributed by atoms with Crippen molar-refractivity contribution in [3.8, 4) is 16.9 Å². The molecule has 1 heterocycles. The quantitative estimate of drug-likeness (QED) is 0.804. The van der Waals surface area contributed by atoms with Crippen LogP contribution in [0, 0.1) is 5.82 Å². The number of anilines is 1. The van der Waals surface area contributed by atoms with Crippen molar-refractivity contribution in [2.24, 2.45) is 0 Å². The highest BCUT2D eigenvalue weighted by molar-refractivity contribution is 5.64. The third kappa shape index (κ3) is 2.93. The number of benzene rings is 2. The lowest BCUT2D eigenvalue weighted by Crippen LogP contribution is -2.08. The lowest BCUT2D eigenvalue weighted by Gasteiger charge is -2.13. The summed E-state index contributed by atoms with van der Waals surface area (Å²) in [7, 11) is 3.93. The van der Waals surface area contributed by atoms with Crippen LogP contribution in [0.5, 0.6) is 0 Å². The van der Waals surface area contributed by atoms with Crippen molar-refractivity contribution >= 4 is 5.69 Å². The summed E-state index contributed by atoms with van der Waals surface area (Å²) in [5.74, 6) is -0.345. The zero-order valence-corrected chi connectivity index (χ0v) is 12.9. The number of aliphatic hydroxyl groups is 1. The van der Waals surface area contributed by atoms with Gasteiger partial charge in [0.2, 0.25) is 0 Å². The molecule has 118 valence electrons. The van der Waals surface area contributed by atoms with Gasteiger partial charge in [-0.25, -0.2) is 9.07 Å². The maximum Gasteiger partial charge on any atom is 0.123 e. The summed E-state index contributed by atoms with van der Waals surface area (Å²) in [6, 6.07) is 13.9. The third-order valence-electron chi connectivity index (χ3n) is 3.60. The number of halogens is 1. The van der Waals surface area contributed by atoms with Crippen LogP contribution in [0.15, 0.2) is 48.5 Å². The molecule has 0 fully saturated rings. The van der Waals surface area contributed by atoms with Crippen LogP contribution >= 0.6 is 0 Å². The van der Waals surface area contributed by atoms with Crippen LogP contribution in [0.4, 0.5) is 10.1 Å². The van der Waals surface area contributed by atoms with Crippen LogP contribution in [0.3, 0.4) is 0 Å². The summed E-state index contributed by atoms with van der Waals surface area (Å²) in [5, 5.41) is 17.6. The molecule has 1 aromatic heterocycles. The summed E-state index contributed by atoms with van der Waals surface area (Å²) >= 11 is 0. The summed E-state index contributed by atoms with van der Waals surface area (Å²) in [4.78, 5) is 2.00. The summed E-state index contributed by atoms with van der Waals surface area (Å²) < 4.78 is 15.2. The maximum absolute atomic E-state index is 13.6. The molecule has 0 saturated carbocycles. The summed E-state index contributed by atoms with van der Waals surface area (Å²) in [6.45, 7) is -0.262. The molecule has 3 aromatic rings. The molecule has 0 amide bonds. The van der Waals surface area contributed by atoms with Gasteiger partial charge in [0, 0.05) is 25.3 Å². The van der Waals surface area contributed by atoms with Crippen molar-refractivity contribution in [2.75, 3.05) is 19.0 Å². The van der Waals surface area contributed by atoms with Crippen LogP contribution in [-0.4, -0.2) is 34.2 Å². The second kappa shape index (κ2) is 6.18. The topological polar surface area (TPSA) is 54.2 Å². The highest BCUT2D eigenvalue weighted by Crippen LogP contribution is 2.26. The van der Waals surface area contributed by atoms with Gasteiger partial charge in [0.25, 0.3) is 0 Å². The third-order valence-corrected chi connectivity index (χ3v) is 3.60. The number of hydrogen-bond donors (Lipinski definition) is 1. The van der Waals surface area contributed by atoms with Gasteiger partial charge < -0.3 is 10.0 Å². The first-order valence-corrected chi connectivity index (χ1v) is 7.19. The van der Waals surface area contributed by atoms with Crippen molar-refractivity contribution in [2.45, 2.75) is 6.61 Å². The molecule has 0 unspecified atom stereocenters. The zero-order chi connectivity index (χ0) is 16.4. The number of hydrogen-bond acceptors (Lipinski definition) is 4. The van der Waals surface area contributed by atoms with Gasteiger partial charge in [0.05, 0.1) is 12.3 Å². The molecule has 2 aromatic carbocycles. The van der Waals surface area contributed by atoms with Gasteiger partial charge in [-0.05, 0) is 36.4 Å². The normalized spacial score (nSPS) is 10.8. The highest BCUT2D eigenvalue weighted by atomic mass is 19.1. The predicted molar refractivity (Wildman–Crippen MR) is 87.0 cm³/mol. The zero-order valence-electron chi connectivity index (χ0n) is 12.9. The van der Waals surface area contributed by atoms with Gasteiger partial charge in [-0.15, -0.1) is 5.10 Å². The fraction of sp³-hybridized carbons (Fsp3) is 0.176. The Hall–Kier alpha value is -2.73. The first kappa shape index (κ1) is 15.2. The van der Waals surface area contributed by atoms with Crippen molar-refractivity contribution in [1.29, 1.82) is 0 Å². The van der Waals surface area contributed by atoms with E-state index in [4.69, 9.17) is 0 Å². The highest BCUT2D eigenvalue weighted by Gasteiger charge is 2.16. The predicted octanol–water partition coefficient (Wildman–Crippen LogP) is 2.63. The van der Waals surface area contributed by atoms with Crippen LogP contribution in [0.25, 0.3) is 16.9 Å². The summed E-state index contributed by atoms with van der Waals surface area (Å²) in [5.41, 5.74) is 3.47. The van der Waals surface area contributed by atoms with E-state index in [1.807, 2.05) is 43.3 Å². The molecule has 0 aliphatic rings. The van der Waals surface area contributed by atoms with Crippen LogP contribution in [0.2, 0.25) is 0 Å². The van der Waals surface area contributed by atoms with Gasteiger partial charge in [-0.3, -0.25) is 0 Å². The SMILES string of the molecule is CN(C)c1ccc(-n2nnc(CO)c2-c2cccc(F)c2)cc1. The van der Waals surface area contributed by atoms with E-state index in [2.05, 4.69) is 10.3 Å². The number of nitrogens with zero attached hydrogens (tertiary/aromatic N) is 4. The van der Waals surface area contributed by atoms with Gasteiger partial charge in [-0.2, -0.15) is 0 Å². The molecule has 3 rings (SSSR count). The van der Waals surface area contributed by atoms with Gasteiger partial charge in [0.1, 0.15) is 17.2 Å². The minimum atomic E-state index is -0.345. The molecular formula is C17H17FN4O. The Labute approximate surface area is 133 Å². The second-order valence-electron chi connectivity index (χ2n) is 5.38. The number of rotatable bonds is 4. The molecule has 0 bridgehead atoms. The molecule has 0 spiro atoms. The van der Waals surface area contributed by atoms with E-state index in [0.29, 0.717) is 17.0 Å². The minimum Gasteiger partial charge on any atom is -0.390 e. The van der Waals surface area contributed by atoms with Crippen LogP contribution in [0.1, 0.15) is 5.69 Å². The molecule has 0 aliphatic carbocycles. The average Bonchev–Trinajstić information content (AvgIpc) is 2.99. The van der Waals surface area contributed by atoms with E-state index >= 15 is 0 Å². The molecule has 5 nitrogen and oxygen atoms in total. The van der Waals surface area contributed by atoms with Crippen molar-refractivity contribution < 1.29 is 9.50 Å². The van der Waals surface area contributed by atoms with E-state index in [1.165, 1.54) is 12.1 Å². The Morgan fingerprint density at radius 2 is 1.87 bits per heavy atom. The lowest BCUT2D eigenvalue weighted by molar-refractivity contribution is 0.277. The lowest BCUT2D eigenvalue weighted by atomic mass is 10.1. The molecule has 1 N–H and O–H groups in total. The van der Waals surface area contributed by atoms with Gasteiger partial charge in [0.15, 0.2) is 0 Å². The first-order valence-electron chi connectivity index (χ1n) is 7.19. The number of aromatic nitrogens is 3. The molecule has 0 aliphatic heterocycles. The van der Waals surface area contributed by atoms with Crippen LogP contribution in [-0.2, 0) is 6.61 Å². The molecule has 0 atom stereocenters. The maximum atomic E-state index is 13.6. The first-order chi connectivity index (χ1) is 11.1. The molecule has 23 heavy (non-hydrogen) atoms. The number of aliphatic hydroxyl groups excluding tert-OH is 1. The Kier molecular flexibility index (Phi) is 4.08. The Balaban J connectivity index is 2.11. The van der Waals surface area contributed by atoms with Crippen LogP contribution < -0.4 is 4.90 Å².